The monoisotopic (exact) mass is 699 g/mol. The molecule has 50 heavy (non-hydrogen) atoms. The average Bonchev–Trinajstić information content (AvgIpc) is 3.03. The van der Waals surface area contributed by atoms with Crippen LogP contribution in [0.1, 0.15) is 93.6 Å². The van der Waals surface area contributed by atoms with E-state index >= 15 is 0 Å². The molecule has 0 spiro atoms. The summed E-state index contributed by atoms with van der Waals surface area (Å²) in [4.78, 5) is 81.9. The quantitative estimate of drug-likeness (QED) is 0.150. The Morgan fingerprint density at radius 3 is 2.08 bits per heavy atom. The molecule has 0 aliphatic carbocycles. The number of benzene rings is 1. The first-order chi connectivity index (χ1) is 23.5. The van der Waals surface area contributed by atoms with Gasteiger partial charge in [0.25, 0.3) is 0 Å². The normalized spacial score (nSPS) is 24.9. The Bertz CT molecular complexity index is 1380. The standard InChI is InChI=1S/C37H57N5O8/c1-10-12-22(7)18-23(8)32(44)42-31-24(9)50-37(49)27(11-2)38-33(45)29(19-25-13-15-26(43)16-14-25)40-35(47)30(21(5)6)41-34(46)28(17-20(3)4)39-36(31)48/h11,13-16,20-24,28-31,43H,10,12,17-19H2,1-9H3,(H,38,45)(H,39,48)(H,40,47)(H,41,46)(H,42,44)/b27-11-/t22?,23?,24-,28+,29-,30+,31+/m1/s1. The molecule has 0 aromatic heterocycles. The number of phenols is 1. The fraction of sp³-hybridized carbons (Fsp3) is 0.622. The average molecular weight is 700 g/mol. The number of allylic oxidation sites excluding steroid dienone is 1. The van der Waals surface area contributed by atoms with Crippen molar-refractivity contribution in [2.45, 2.75) is 125 Å². The largest absolute Gasteiger partial charge is 0.508 e. The molecule has 1 heterocycles. The van der Waals surface area contributed by atoms with Gasteiger partial charge < -0.3 is 36.4 Å². The molecule has 1 aromatic rings. The molecule has 1 aromatic carbocycles. The molecule has 1 aliphatic heterocycles. The van der Waals surface area contributed by atoms with Crippen LogP contribution in [0.25, 0.3) is 0 Å². The van der Waals surface area contributed by atoms with Crippen LogP contribution in [-0.2, 0) is 39.9 Å². The van der Waals surface area contributed by atoms with Crippen LogP contribution in [0.3, 0.4) is 0 Å². The second-order valence-electron chi connectivity index (χ2n) is 14.2. The lowest BCUT2D eigenvalue weighted by molar-refractivity contribution is -0.150. The minimum Gasteiger partial charge on any atom is -0.508 e. The van der Waals surface area contributed by atoms with Crippen molar-refractivity contribution in [2.24, 2.45) is 23.7 Å². The van der Waals surface area contributed by atoms with Crippen LogP contribution in [0.4, 0.5) is 0 Å². The summed E-state index contributed by atoms with van der Waals surface area (Å²) in [6.45, 7) is 16.1. The molecule has 1 aliphatic rings. The van der Waals surface area contributed by atoms with Crippen molar-refractivity contribution in [1.29, 1.82) is 0 Å². The molecule has 2 rings (SSSR count). The molecule has 7 atom stereocenters. The van der Waals surface area contributed by atoms with Gasteiger partial charge in [-0.05, 0) is 62.1 Å². The zero-order valence-corrected chi connectivity index (χ0v) is 30.9. The molecule has 0 radical (unpaired) electrons. The molecule has 6 N–H and O–H groups in total. The van der Waals surface area contributed by atoms with Gasteiger partial charge in [0.1, 0.15) is 41.7 Å². The topological polar surface area (TPSA) is 192 Å². The number of carbonyl (C=O) groups is 6. The minimum atomic E-state index is -1.38. The summed E-state index contributed by atoms with van der Waals surface area (Å²) in [6, 6.07) is 1.31. The number of esters is 1. The highest BCUT2D eigenvalue weighted by Gasteiger charge is 2.37. The summed E-state index contributed by atoms with van der Waals surface area (Å²) in [5.41, 5.74) is 0.371. The van der Waals surface area contributed by atoms with Crippen molar-refractivity contribution in [2.75, 3.05) is 0 Å². The lowest BCUT2D eigenvalue weighted by Crippen LogP contribution is -2.61. The van der Waals surface area contributed by atoms with E-state index < -0.39 is 77.6 Å². The molecule has 0 bridgehead atoms. The molecule has 0 saturated carbocycles. The highest BCUT2D eigenvalue weighted by molar-refractivity contribution is 5.99. The number of phenolic OH excluding ortho intramolecular Hbond substituents is 1. The van der Waals surface area contributed by atoms with E-state index in [1.165, 1.54) is 32.1 Å². The van der Waals surface area contributed by atoms with E-state index in [4.69, 9.17) is 4.74 Å². The van der Waals surface area contributed by atoms with E-state index in [-0.39, 0.29) is 36.1 Å². The highest BCUT2D eigenvalue weighted by Crippen LogP contribution is 2.18. The summed E-state index contributed by atoms with van der Waals surface area (Å²) < 4.78 is 5.65. The van der Waals surface area contributed by atoms with Crippen LogP contribution in [0.2, 0.25) is 0 Å². The Hall–Kier alpha value is -4.42. The molecule has 1 saturated heterocycles. The highest BCUT2D eigenvalue weighted by atomic mass is 16.5. The Labute approximate surface area is 296 Å². The molecular weight excluding hydrogens is 642 g/mol. The number of hydrogen-bond donors (Lipinski definition) is 6. The zero-order valence-electron chi connectivity index (χ0n) is 30.9. The number of aromatic hydroxyl groups is 1. The van der Waals surface area contributed by atoms with Crippen molar-refractivity contribution >= 4 is 35.5 Å². The Morgan fingerprint density at radius 2 is 1.52 bits per heavy atom. The number of hydrogen-bond acceptors (Lipinski definition) is 8. The van der Waals surface area contributed by atoms with Gasteiger partial charge in [0.05, 0.1) is 0 Å². The van der Waals surface area contributed by atoms with Crippen molar-refractivity contribution in [3.8, 4) is 5.75 Å². The summed E-state index contributed by atoms with van der Waals surface area (Å²) >= 11 is 0. The van der Waals surface area contributed by atoms with E-state index in [1.54, 1.807) is 32.9 Å². The third-order valence-electron chi connectivity index (χ3n) is 8.69. The number of ether oxygens (including phenoxy) is 1. The van der Waals surface area contributed by atoms with E-state index in [2.05, 4.69) is 40.4 Å². The van der Waals surface area contributed by atoms with E-state index in [0.717, 1.165) is 12.8 Å². The van der Waals surface area contributed by atoms with Crippen LogP contribution in [0.5, 0.6) is 5.75 Å². The first kappa shape index (κ1) is 41.7. The smallest absolute Gasteiger partial charge is 0.354 e. The lowest BCUT2D eigenvalue weighted by Gasteiger charge is -2.31. The van der Waals surface area contributed by atoms with Gasteiger partial charge in [0, 0.05) is 12.3 Å². The second kappa shape index (κ2) is 19.7. The van der Waals surface area contributed by atoms with Gasteiger partial charge in [0.2, 0.25) is 29.5 Å². The summed E-state index contributed by atoms with van der Waals surface area (Å²) in [7, 11) is 0. The van der Waals surface area contributed by atoms with Crippen molar-refractivity contribution in [3.05, 3.63) is 41.6 Å². The predicted octanol–water partition coefficient (Wildman–Crippen LogP) is 3.00. The number of carbonyl (C=O) groups excluding carboxylic acids is 6. The Kier molecular flexibility index (Phi) is 16.4. The molecule has 5 amide bonds. The third-order valence-corrected chi connectivity index (χ3v) is 8.69. The van der Waals surface area contributed by atoms with E-state index in [9.17, 15) is 33.9 Å². The van der Waals surface area contributed by atoms with Gasteiger partial charge in [-0.3, -0.25) is 24.0 Å². The van der Waals surface area contributed by atoms with Gasteiger partial charge in [-0.1, -0.05) is 79.5 Å². The zero-order chi connectivity index (χ0) is 37.7. The number of nitrogens with one attached hydrogen (secondary N) is 5. The molecule has 2 unspecified atom stereocenters. The second-order valence-corrected chi connectivity index (χ2v) is 14.2. The number of rotatable bonds is 11. The third kappa shape index (κ3) is 12.8. The van der Waals surface area contributed by atoms with Crippen LogP contribution in [-0.4, -0.2) is 70.9 Å². The van der Waals surface area contributed by atoms with Gasteiger partial charge in [-0.25, -0.2) is 4.79 Å². The van der Waals surface area contributed by atoms with Gasteiger partial charge in [0.15, 0.2) is 0 Å². The number of cyclic esters (lactones) is 1. The molecule has 278 valence electrons. The fourth-order valence-electron chi connectivity index (χ4n) is 5.87. The maximum absolute atomic E-state index is 13.9. The maximum Gasteiger partial charge on any atom is 0.354 e. The van der Waals surface area contributed by atoms with Gasteiger partial charge in [-0.2, -0.15) is 0 Å². The van der Waals surface area contributed by atoms with Gasteiger partial charge in [-0.15, -0.1) is 0 Å². The first-order valence-corrected chi connectivity index (χ1v) is 17.6. The van der Waals surface area contributed by atoms with Crippen molar-refractivity contribution in [1.82, 2.24) is 26.6 Å². The van der Waals surface area contributed by atoms with E-state index in [1.807, 2.05) is 13.8 Å². The lowest BCUT2D eigenvalue weighted by atomic mass is 9.93. The molecular formula is C37H57N5O8. The molecule has 13 heteroatoms. The maximum atomic E-state index is 13.9. The fourth-order valence-corrected chi connectivity index (χ4v) is 5.87. The van der Waals surface area contributed by atoms with Crippen molar-refractivity contribution < 1.29 is 38.6 Å². The Morgan fingerprint density at radius 1 is 0.900 bits per heavy atom. The molecule has 13 nitrogen and oxygen atoms in total. The first-order valence-electron chi connectivity index (χ1n) is 17.6. The Balaban J connectivity index is 2.58. The molecule has 1 fully saturated rings. The van der Waals surface area contributed by atoms with Crippen LogP contribution in [0, 0.1) is 23.7 Å². The number of amides is 5. The summed E-state index contributed by atoms with van der Waals surface area (Å²) in [6.07, 6.45) is 2.80. The van der Waals surface area contributed by atoms with Crippen LogP contribution >= 0.6 is 0 Å². The minimum absolute atomic E-state index is 0.00570. The predicted molar refractivity (Wildman–Crippen MR) is 189 cm³/mol. The summed E-state index contributed by atoms with van der Waals surface area (Å²) in [5.74, 6) is -4.78. The van der Waals surface area contributed by atoms with Crippen LogP contribution < -0.4 is 26.6 Å². The van der Waals surface area contributed by atoms with Gasteiger partial charge >= 0.3 is 5.97 Å². The van der Waals surface area contributed by atoms with Crippen LogP contribution in [0.15, 0.2) is 36.0 Å². The van der Waals surface area contributed by atoms with E-state index in [0.29, 0.717) is 12.0 Å². The SMILES string of the molecule is C/C=C1\NC(=O)[C@@H](Cc2ccc(O)cc2)NC(=O)[C@H](C(C)C)NC(=O)[C@H](CC(C)C)NC(=O)[C@@H](NC(=O)C(C)CC(C)CCC)[C@@H](C)OC1=O. The van der Waals surface area contributed by atoms with Crippen molar-refractivity contribution in [3.63, 3.8) is 0 Å². The summed E-state index contributed by atoms with van der Waals surface area (Å²) in [5, 5.41) is 23.2.